The van der Waals surface area contributed by atoms with Gasteiger partial charge >= 0.3 is 29.6 Å². The van der Waals surface area contributed by atoms with Crippen LogP contribution in [0.1, 0.15) is 30.9 Å². The first-order valence-electron chi connectivity index (χ1n) is 4.52. The Balaban J connectivity index is 0.00000144. The van der Waals surface area contributed by atoms with Crippen LogP contribution in [0.15, 0.2) is 18.2 Å². The minimum absolute atomic E-state index is 0. The molecule has 0 aliphatic heterocycles. The topological polar surface area (TPSA) is 20.2 Å². The summed E-state index contributed by atoms with van der Waals surface area (Å²) in [5.41, 5.74) is 2.30. The fraction of sp³-hybridized carbons (Fsp3) is 0.455. The quantitative estimate of drug-likeness (QED) is 0.722. The molecule has 1 aromatic rings. The summed E-state index contributed by atoms with van der Waals surface area (Å²) < 4.78 is 0. The molecule has 13 heavy (non-hydrogen) atoms. The summed E-state index contributed by atoms with van der Waals surface area (Å²) in [6, 6.07) is 5.77. The van der Waals surface area contributed by atoms with Crippen molar-refractivity contribution < 1.29 is 5.11 Å². The molecule has 0 aliphatic rings. The van der Waals surface area contributed by atoms with E-state index < -0.39 is 0 Å². The number of aromatic hydroxyl groups is 1. The number of hydrogen-bond acceptors (Lipinski definition) is 1. The third-order valence-corrected chi connectivity index (χ3v) is 2.03. The summed E-state index contributed by atoms with van der Waals surface area (Å²) in [6.07, 6.45) is 3.31. The SMILES string of the molecule is CCCCc1cc(C)ccc1O.[NaH]. The third-order valence-electron chi connectivity index (χ3n) is 2.03. The minimum atomic E-state index is 0. The molecule has 0 atom stereocenters. The maximum atomic E-state index is 9.46. The van der Waals surface area contributed by atoms with Gasteiger partial charge in [0.2, 0.25) is 0 Å². The van der Waals surface area contributed by atoms with Crippen molar-refractivity contribution in [3.8, 4) is 5.75 Å². The molecule has 0 aromatic heterocycles. The molecular weight excluding hydrogens is 171 g/mol. The molecule has 0 amide bonds. The summed E-state index contributed by atoms with van der Waals surface area (Å²) in [5.74, 6) is 0.439. The first kappa shape index (κ1) is 13.0. The van der Waals surface area contributed by atoms with Gasteiger partial charge in [0.05, 0.1) is 0 Å². The number of phenolic OH excluding ortho intramolecular Hbond substituents is 1. The van der Waals surface area contributed by atoms with Crippen molar-refractivity contribution in [2.45, 2.75) is 33.1 Å². The van der Waals surface area contributed by atoms with Crippen LogP contribution in [-0.2, 0) is 6.42 Å². The Morgan fingerprint density at radius 3 is 2.62 bits per heavy atom. The van der Waals surface area contributed by atoms with Gasteiger partial charge in [-0.15, -0.1) is 0 Å². The van der Waals surface area contributed by atoms with Gasteiger partial charge in [0.25, 0.3) is 0 Å². The summed E-state index contributed by atoms with van der Waals surface area (Å²) >= 11 is 0. The molecule has 0 fully saturated rings. The zero-order chi connectivity index (χ0) is 8.97. The van der Waals surface area contributed by atoms with Crippen molar-refractivity contribution in [2.24, 2.45) is 0 Å². The van der Waals surface area contributed by atoms with Gasteiger partial charge < -0.3 is 5.11 Å². The molecule has 68 valence electrons. The van der Waals surface area contributed by atoms with E-state index in [0.717, 1.165) is 18.4 Å². The van der Waals surface area contributed by atoms with Gasteiger partial charge in [0.15, 0.2) is 0 Å². The summed E-state index contributed by atoms with van der Waals surface area (Å²) in [7, 11) is 0. The zero-order valence-corrected chi connectivity index (χ0v) is 7.80. The standard InChI is InChI=1S/C11H16O.Na.H/c1-3-4-5-10-8-9(2)6-7-11(10)12;;/h6-8,12H,3-5H2,1-2H3;;. The number of phenols is 1. The molecule has 0 saturated carbocycles. The van der Waals surface area contributed by atoms with Crippen molar-refractivity contribution in [3.05, 3.63) is 29.3 Å². The van der Waals surface area contributed by atoms with Crippen LogP contribution in [0, 0.1) is 6.92 Å². The van der Waals surface area contributed by atoms with E-state index in [1.54, 1.807) is 6.07 Å². The number of rotatable bonds is 3. The van der Waals surface area contributed by atoms with Gasteiger partial charge in [-0.3, -0.25) is 0 Å². The first-order valence-corrected chi connectivity index (χ1v) is 4.52. The van der Waals surface area contributed by atoms with Gasteiger partial charge in [0.1, 0.15) is 5.75 Å². The van der Waals surface area contributed by atoms with Gasteiger partial charge in [-0.1, -0.05) is 31.0 Å². The van der Waals surface area contributed by atoms with Crippen LogP contribution in [-0.4, -0.2) is 34.7 Å². The van der Waals surface area contributed by atoms with E-state index in [0.29, 0.717) is 5.75 Å². The van der Waals surface area contributed by atoms with Crippen LogP contribution in [0.3, 0.4) is 0 Å². The van der Waals surface area contributed by atoms with Gasteiger partial charge in [0, 0.05) is 0 Å². The second-order valence-corrected chi connectivity index (χ2v) is 3.24. The van der Waals surface area contributed by atoms with Gasteiger partial charge in [-0.05, 0) is 31.4 Å². The van der Waals surface area contributed by atoms with E-state index in [4.69, 9.17) is 0 Å². The fourth-order valence-electron chi connectivity index (χ4n) is 1.28. The molecule has 0 unspecified atom stereocenters. The molecule has 0 aliphatic carbocycles. The van der Waals surface area contributed by atoms with Crippen molar-refractivity contribution in [3.63, 3.8) is 0 Å². The molecule has 0 bridgehead atoms. The number of unbranched alkanes of at least 4 members (excludes halogenated alkanes) is 1. The maximum absolute atomic E-state index is 9.46. The molecule has 0 radical (unpaired) electrons. The van der Waals surface area contributed by atoms with Crippen molar-refractivity contribution in [2.75, 3.05) is 0 Å². The summed E-state index contributed by atoms with van der Waals surface area (Å²) in [6.45, 7) is 4.21. The van der Waals surface area contributed by atoms with Gasteiger partial charge in [-0.2, -0.15) is 0 Å². The second-order valence-electron chi connectivity index (χ2n) is 3.24. The Hall–Kier alpha value is 0.0200. The predicted octanol–water partition coefficient (Wildman–Crippen LogP) is 2.39. The van der Waals surface area contributed by atoms with E-state index in [2.05, 4.69) is 19.9 Å². The molecule has 2 heteroatoms. The van der Waals surface area contributed by atoms with E-state index in [-0.39, 0.29) is 29.6 Å². The molecular formula is C11H17NaO. The molecule has 1 aromatic carbocycles. The van der Waals surface area contributed by atoms with E-state index in [1.165, 1.54) is 12.0 Å². The fourth-order valence-corrected chi connectivity index (χ4v) is 1.28. The number of benzene rings is 1. The Morgan fingerprint density at radius 2 is 2.00 bits per heavy atom. The zero-order valence-electron chi connectivity index (χ0n) is 7.80. The Bertz CT molecular complexity index is 258. The third kappa shape index (κ3) is 4.17. The van der Waals surface area contributed by atoms with Crippen molar-refractivity contribution in [1.82, 2.24) is 0 Å². The average Bonchev–Trinajstić information content (AvgIpc) is 2.07. The molecule has 0 spiro atoms. The molecule has 1 rings (SSSR count). The molecule has 1 N–H and O–H groups in total. The number of aryl methyl sites for hydroxylation is 2. The van der Waals surface area contributed by atoms with Crippen molar-refractivity contribution in [1.29, 1.82) is 0 Å². The normalized spacial score (nSPS) is 9.38. The van der Waals surface area contributed by atoms with E-state index in [9.17, 15) is 5.11 Å². The molecule has 1 nitrogen and oxygen atoms in total. The van der Waals surface area contributed by atoms with Crippen LogP contribution in [0.5, 0.6) is 5.75 Å². The van der Waals surface area contributed by atoms with Crippen LogP contribution >= 0.6 is 0 Å². The monoisotopic (exact) mass is 188 g/mol. The Kier molecular flexibility index (Phi) is 6.48. The van der Waals surface area contributed by atoms with Gasteiger partial charge in [-0.25, -0.2) is 0 Å². The average molecular weight is 188 g/mol. The summed E-state index contributed by atoms with van der Waals surface area (Å²) in [4.78, 5) is 0. The van der Waals surface area contributed by atoms with Crippen molar-refractivity contribution >= 4 is 29.6 Å². The second kappa shape index (κ2) is 6.47. The molecule has 0 saturated heterocycles. The van der Waals surface area contributed by atoms with E-state index >= 15 is 0 Å². The Morgan fingerprint density at radius 1 is 1.31 bits per heavy atom. The Labute approximate surface area is 102 Å². The molecule has 0 heterocycles. The summed E-state index contributed by atoms with van der Waals surface area (Å²) in [5, 5.41) is 9.46. The number of hydrogen-bond donors (Lipinski definition) is 1. The first-order chi connectivity index (χ1) is 5.74. The van der Waals surface area contributed by atoms with Crippen LogP contribution in [0.2, 0.25) is 0 Å². The van der Waals surface area contributed by atoms with Crippen LogP contribution < -0.4 is 0 Å². The van der Waals surface area contributed by atoms with Crippen LogP contribution in [0.25, 0.3) is 0 Å². The van der Waals surface area contributed by atoms with Crippen LogP contribution in [0.4, 0.5) is 0 Å². The van der Waals surface area contributed by atoms with E-state index in [1.807, 2.05) is 6.07 Å². The predicted molar refractivity (Wildman–Crippen MR) is 58.6 cm³/mol.